The van der Waals surface area contributed by atoms with Crippen LogP contribution in [0.3, 0.4) is 0 Å². The largest absolute Gasteiger partial charge is 0.476 e. The molecular weight excluding hydrogens is 300 g/mol. The van der Waals surface area contributed by atoms with E-state index in [1.54, 1.807) is 36.4 Å². The Morgan fingerprint density at radius 2 is 1.74 bits per heavy atom. The van der Waals surface area contributed by atoms with Crippen molar-refractivity contribution in [2.24, 2.45) is 0 Å². The van der Waals surface area contributed by atoms with Gasteiger partial charge in [0.1, 0.15) is 11.4 Å². The molecule has 23 heavy (non-hydrogen) atoms. The molecule has 3 rings (SSSR count). The summed E-state index contributed by atoms with van der Waals surface area (Å²) >= 11 is 0. The molecule has 0 unspecified atom stereocenters. The van der Waals surface area contributed by atoms with Crippen LogP contribution in [-0.4, -0.2) is 31.0 Å². The Morgan fingerprint density at radius 3 is 2.39 bits per heavy atom. The average molecular weight is 310 g/mol. The first-order valence-electron chi connectivity index (χ1n) is 6.58. The zero-order valence-corrected chi connectivity index (χ0v) is 11.7. The second-order valence-electron chi connectivity index (χ2n) is 4.62. The first kappa shape index (κ1) is 14.4. The van der Waals surface area contributed by atoms with Crippen LogP contribution in [0.1, 0.15) is 10.5 Å². The highest BCUT2D eigenvalue weighted by molar-refractivity contribution is 5.93. The Morgan fingerprint density at radius 1 is 1.09 bits per heavy atom. The number of nitrogens with zero attached hydrogens (tertiary/aromatic N) is 4. The smallest absolute Gasteiger partial charge is 0.358 e. The number of carboxylic acids is 1. The summed E-state index contributed by atoms with van der Waals surface area (Å²) < 4.78 is 1.18. The summed E-state index contributed by atoms with van der Waals surface area (Å²) in [5.41, 5.74) is 0.428. The summed E-state index contributed by atoms with van der Waals surface area (Å²) in [5.74, 6) is -1.26. The van der Waals surface area contributed by atoms with Crippen molar-refractivity contribution in [1.29, 1.82) is 0 Å². The second-order valence-corrected chi connectivity index (χ2v) is 4.62. The molecule has 1 aromatic heterocycles. The van der Waals surface area contributed by atoms with Crippen LogP contribution in [0.25, 0.3) is 16.9 Å². The summed E-state index contributed by atoms with van der Waals surface area (Å²) in [6.07, 6.45) is 0. The predicted molar refractivity (Wildman–Crippen MR) is 80.4 cm³/mol. The number of aromatic nitrogens is 3. The molecule has 0 radical (unpaired) electrons. The van der Waals surface area contributed by atoms with Gasteiger partial charge in [-0.3, -0.25) is 10.1 Å². The topological polar surface area (TPSA) is 111 Å². The zero-order valence-electron chi connectivity index (χ0n) is 11.7. The molecule has 8 heteroatoms. The van der Waals surface area contributed by atoms with Gasteiger partial charge in [-0.1, -0.05) is 47.7 Å². The molecule has 0 spiro atoms. The second kappa shape index (κ2) is 5.68. The van der Waals surface area contributed by atoms with Crippen molar-refractivity contribution in [2.45, 2.75) is 0 Å². The quantitative estimate of drug-likeness (QED) is 0.585. The van der Waals surface area contributed by atoms with Gasteiger partial charge >= 0.3 is 5.97 Å². The Labute approximate surface area is 129 Å². The average Bonchev–Trinajstić information content (AvgIpc) is 3.00. The maximum absolute atomic E-state index is 11.4. The Balaban J connectivity index is 2.30. The third kappa shape index (κ3) is 2.53. The van der Waals surface area contributed by atoms with E-state index in [-0.39, 0.29) is 22.8 Å². The van der Waals surface area contributed by atoms with E-state index in [9.17, 15) is 20.0 Å². The third-order valence-corrected chi connectivity index (χ3v) is 3.23. The molecule has 8 nitrogen and oxygen atoms in total. The summed E-state index contributed by atoms with van der Waals surface area (Å²) in [6.45, 7) is 0. The van der Waals surface area contributed by atoms with E-state index in [2.05, 4.69) is 10.3 Å². The molecule has 0 atom stereocenters. The van der Waals surface area contributed by atoms with Crippen molar-refractivity contribution in [3.8, 4) is 16.9 Å². The molecule has 0 aliphatic rings. The van der Waals surface area contributed by atoms with E-state index in [0.29, 0.717) is 5.56 Å². The van der Waals surface area contributed by atoms with Crippen molar-refractivity contribution in [3.63, 3.8) is 0 Å². The lowest BCUT2D eigenvalue weighted by atomic mass is 10.1. The van der Waals surface area contributed by atoms with Gasteiger partial charge < -0.3 is 5.11 Å². The van der Waals surface area contributed by atoms with Crippen LogP contribution in [0.4, 0.5) is 5.69 Å². The van der Waals surface area contributed by atoms with E-state index in [1.165, 1.54) is 22.9 Å². The molecule has 114 valence electrons. The molecule has 0 fully saturated rings. The van der Waals surface area contributed by atoms with Gasteiger partial charge in [-0.15, -0.1) is 5.10 Å². The van der Waals surface area contributed by atoms with Crippen molar-refractivity contribution < 1.29 is 14.8 Å². The number of para-hydroxylation sites is 2. The van der Waals surface area contributed by atoms with Crippen LogP contribution < -0.4 is 0 Å². The van der Waals surface area contributed by atoms with E-state index in [1.807, 2.05) is 0 Å². The van der Waals surface area contributed by atoms with E-state index >= 15 is 0 Å². The van der Waals surface area contributed by atoms with Crippen LogP contribution in [0, 0.1) is 10.1 Å². The number of nitro benzene ring substituents is 1. The maximum atomic E-state index is 11.4. The summed E-state index contributed by atoms with van der Waals surface area (Å²) in [4.78, 5) is 22.1. The maximum Gasteiger partial charge on any atom is 0.358 e. The fraction of sp³-hybridized carbons (Fsp3) is 0. The lowest BCUT2D eigenvalue weighted by Gasteiger charge is -2.07. The molecule has 1 N–H and O–H groups in total. The Hall–Kier alpha value is -3.55. The number of benzene rings is 2. The summed E-state index contributed by atoms with van der Waals surface area (Å²) in [5, 5.41) is 28.0. The van der Waals surface area contributed by atoms with Crippen molar-refractivity contribution in [2.75, 3.05) is 0 Å². The molecule has 3 aromatic rings. The van der Waals surface area contributed by atoms with Gasteiger partial charge in [0.2, 0.25) is 0 Å². The number of carbonyl (C=O) groups is 1. The van der Waals surface area contributed by atoms with E-state index < -0.39 is 10.9 Å². The van der Waals surface area contributed by atoms with Gasteiger partial charge in [0, 0.05) is 11.6 Å². The molecule has 1 heterocycles. The highest BCUT2D eigenvalue weighted by atomic mass is 16.6. The van der Waals surface area contributed by atoms with Crippen molar-refractivity contribution in [3.05, 3.63) is 70.4 Å². The summed E-state index contributed by atoms with van der Waals surface area (Å²) in [7, 11) is 0. The zero-order chi connectivity index (χ0) is 16.4. The van der Waals surface area contributed by atoms with Crippen molar-refractivity contribution >= 4 is 11.7 Å². The fourth-order valence-electron chi connectivity index (χ4n) is 2.25. The molecule has 2 aromatic carbocycles. The van der Waals surface area contributed by atoms with Gasteiger partial charge in [0.05, 0.1) is 4.92 Å². The van der Waals surface area contributed by atoms with Crippen LogP contribution >= 0.6 is 0 Å². The Kier molecular flexibility index (Phi) is 3.55. The Bertz CT molecular complexity index is 890. The standard InChI is InChI=1S/C15H10N4O4/c20-15(21)13-14(10-6-2-1-3-7-10)18(17-16-13)11-8-4-5-9-12(11)19(22)23/h1-9H,(H,20,21). The molecule has 0 aliphatic heterocycles. The number of hydrogen-bond acceptors (Lipinski definition) is 5. The number of nitro groups is 1. The fourth-order valence-corrected chi connectivity index (χ4v) is 2.25. The molecule has 0 bridgehead atoms. The van der Waals surface area contributed by atoms with E-state index in [4.69, 9.17) is 0 Å². The minimum Gasteiger partial charge on any atom is -0.476 e. The SMILES string of the molecule is O=C(O)c1nnn(-c2ccccc2[N+](=O)[O-])c1-c1ccccc1. The van der Waals surface area contributed by atoms with Gasteiger partial charge in [0.25, 0.3) is 5.69 Å². The van der Waals surface area contributed by atoms with Gasteiger partial charge in [-0.2, -0.15) is 0 Å². The number of carboxylic acid groups (broad SMARTS) is 1. The molecule has 0 amide bonds. The number of aromatic carboxylic acids is 1. The first-order valence-corrected chi connectivity index (χ1v) is 6.58. The van der Waals surface area contributed by atoms with Crippen LogP contribution in [0.2, 0.25) is 0 Å². The van der Waals surface area contributed by atoms with Crippen LogP contribution in [-0.2, 0) is 0 Å². The van der Waals surface area contributed by atoms with Crippen LogP contribution in [0.5, 0.6) is 0 Å². The van der Waals surface area contributed by atoms with Gasteiger partial charge in [0.15, 0.2) is 5.69 Å². The molecule has 0 aliphatic carbocycles. The van der Waals surface area contributed by atoms with E-state index in [0.717, 1.165) is 0 Å². The van der Waals surface area contributed by atoms with Gasteiger partial charge in [-0.05, 0) is 6.07 Å². The monoisotopic (exact) mass is 310 g/mol. The highest BCUT2D eigenvalue weighted by Crippen LogP contribution is 2.29. The van der Waals surface area contributed by atoms with Gasteiger partial charge in [-0.25, -0.2) is 9.48 Å². The molecule has 0 saturated heterocycles. The lowest BCUT2D eigenvalue weighted by Crippen LogP contribution is -2.05. The predicted octanol–water partition coefficient (Wildman–Crippen LogP) is 2.54. The minimum atomic E-state index is -1.26. The first-order chi connectivity index (χ1) is 11.1. The minimum absolute atomic E-state index is 0.149. The normalized spacial score (nSPS) is 10.4. The highest BCUT2D eigenvalue weighted by Gasteiger charge is 2.25. The summed E-state index contributed by atoms with van der Waals surface area (Å²) in [6, 6.07) is 14.6. The number of hydrogen-bond donors (Lipinski definition) is 1. The molecule has 0 saturated carbocycles. The lowest BCUT2D eigenvalue weighted by molar-refractivity contribution is -0.384. The molecular formula is C15H10N4O4. The van der Waals surface area contributed by atoms with Crippen molar-refractivity contribution in [1.82, 2.24) is 15.0 Å². The third-order valence-electron chi connectivity index (χ3n) is 3.23. The number of rotatable bonds is 4. The van der Waals surface area contributed by atoms with Crippen LogP contribution in [0.15, 0.2) is 54.6 Å².